The third-order valence-electron chi connectivity index (χ3n) is 3.92. The summed E-state index contributed by atoms with van der Waals surface area (Å²) in [6.07, 6.45) is 1.07. The van der Waals surface area contributed by atoms with Crippen LogP contribution in [0.3, 0.4) is 0 Å². The molecule has 1 atom stereocenters. The minimum absolute atomic E-state index is 0.140. The molecule has 3 rings (SSSR count). The number of hydrogen-bond acceptors (Lipinski definition) is 4. The van der Waals surface area contributed by atoms with E-state index in [1.54, 1.807) is 22.5 Å². The van der Waals surface area contributed by atoms with E-state index in [1.807, 2.05) is 57.2 Å². The monoisotopic (exact) mass is 431 g/mol. The molecule has 142 valence electrons. The number of benzene rings is 1. The third-order valence-corrected chi connectivity index (χ3v) is 4.46. The van der Waals surface area contributed by atoms with Gasteiger partial charge in [-0.2, -0.15) is 5.10 Å². The molecule has 0 radical (unpaired) electrons. The summed E-state index contributed by atoms with van der Waals surface area (Å²) in [4.78, 5) is 12.6. The second kappa shape index (κ2) is 7.96. The van der Waals surface area contributed by atoms with E-state index in [1.165, 1.54) is 0 Å². The van der Waals surface area contributed by atoms with Crippen LogP contribution in [0.2, 0.25) is 0 Å². The lowest BCUT2D eigenvalue weighted by molar-refractivity contribution is -0.122. The van der Waals surface area contributed by atoms with Crippen molar-refractivity contribution in [3.05, 3.63) is 52.8 Å². The van der Waals surface area contributed by atoms with Gasteiger partial charge in [0.05, 0.1) is 15.9 Å². The zero-order valence-corrected chi connectivity index (χ0v) is 17.3. The van der Waals surface area contributed by atoms with E-state index in [0.717, 1.165) is 11.4 Å². The SMILES string of the molecule is Cc1cc(NC(=O)[C@H](C)Oc2nn(-c3ccccc3)cc2Br)n(C(C)C)n1. The van der Waals surface area contributed by atoms with Crippen LogP contribution in [0.1, 0.15) is 32.5 Å². The number of nitrogens with one attached hydrogen (secondary N) is 1. The molecule has 1 aromatic carbocycles. The third kappa shape index (κ3) is 4.39. The average molecular weight is 432 g/mol. The van der Waals surface area contributed by atoms with Crippen molar-refractivity contribution in [3.8, 4) is 11.6 Å². The molecule has 1 amide bonds. The standard InChI is InChI=1S/C19H22BrN5O2/c1-12(2)25-17(10-13(3)22-25)21-18(26)14(4)27-19-16(20)11-24(23-19)15-8-6-5-7-9-15/h5-12,14H,1-4H3,(H,21,26)/t14-/m0/s1. The highest BCUT2D eigenvalue weighted by atomic mass is 79.9. The maximum atomic E-state index is 12.6. The summed E-state index contributed by atoms with van der Waals surface area (Å²) in [5, 5.41) is 11.7. The molecular weight excluding hydrogens is 410 g/mol. The molecule has 0 saturated heterocycles. The van der Waals surface area contributed by atoms with Crippen molar-refractivity contribution in [2.75, 3.05) is 5.32 Å². The molecular formula is C19H22BrN5O2. The number of ether oxygens (including phenoxy) is 1. The molecule has 0 unspecified atom stereocenters. The average Bonchev–Trinajstić information content (AvgIpc) is 3.18. The molecule has 1 N–H and O–H groups in total. The smallest absolute Gasteiger partial charge is 0.266 e. The second-order valence-corrected chi connectivity index (χ2v) is 7.38. The van der Waals surface area contributed by atoms with Crippen LogP contribution in [-0.2, 0) is 4.79 Å². The first-order valence-electron chi connectivity index (χ1n) is 8.69. The van der Waals surface area contributed by atoms with Gasteiger partial charge >= 0.3 is 0 Å². The number of aryl methyl sites for hydroxylation is 1. The van der Waals surface area contributed by atoms with Crippen LogP contribution >= 0.6 is 15.9 Å². The summed E-state index contributed by atoms with van der Waals surface area (Å²) >= 11 is 3.44. The fourth-order valence-electron chi connectivity index (χ4n) is 2.58. The van der Waals surface area contributed by atoms with Crippen molar-refractivity contribution in [2.45, 2.75) is 39.8 Å². The number of amides is 1. The quantitative estimate of drug-likeness (QED) is 0.636. The molecule has 0 fully saturated rings. The number of carbonyl (C=O) groups is 1. The Morgan fingerprint density at radius 2 is 1.89 bits per heavy atom. The normalized spacial score (nSPS) is 12.2. The summed E-state index contributed by atoms with van der Waals surface area (Å²) in [6.45, 7) is 7.60. The minimum Gasteiger partial charge on any atom is -0.463 e. The lowest BCUT2D eigenvalue weighted by Gasteiger charge is -2.15. The van der Waals surface area contributed by atoms with Crippen LogP contribution in [0.25, 0.3) is 5.69 Å². The van der Waals surface area contributed by atoms with Crippen LogP contribution in [-0.4, -0.2) is 31.6 Å². The molecule has 0 saturated carbocycles. The van der Waals surface area contributed by atoms with E-state index >= 15 is 0 Å². The zero-order chi connectivity index (χ0) is 19.6. The zero-order valence-electron chi connectivity index (χ0n) is 15.7. The van der Waals surface area contributed by atoms with Crippen LogP contribution in [0.4, 0.5) is 5.82 Å². The number of aromatic nitrogens is 4. The van der Waals surface area contributed by atoms with Crippen LogP contribution in [0.5, 0.6) is 5.88 Å². The number of rotatable bonds is 6. The number of anilines is 1. The summed E-state index contributed by atoms with van der Waals surface area (Å²) in [6, 6.07) is 11.7. The highest BCUT2D eigenvalue weighted by molar-refractivity contribution is 9.10. The maximum Gasteiger partial charge on any atom is 0.266 e. The Hall–Kier alpha value is -2.61. The van der Waals surface area contributed by atoms with Gasteiger partial charge in [-0.1, -0.05) is 18.2 Å². The largest absolute Gasteiger partial charge is 0.463 e. The molecule has 3 aromatic rings. The van der Waals surface area contributed by atoms with E-state index in [0.29, 0.717) is 16.2 Å². The first-order chi connectivity index (χ1) is 12.8. The molecule has 0 aliphatic rings. The van der Waals surface area contributed by atoms with Gasteiger partial charge in [0.25, 0.3) is 5.91 Å². The molecule has 0 spiro atoms. The van der Waals surface area contributed by atoms with Crippen molar-refractivity contribution in [2.24, 2.45) is 0 Å². The number of hydrogen-bond donors (Lipinski definition) is 1. The van der Waals surface area contributed by atoms with Gasteiger partial charge in [0.1, 0.15) is 5.82 Å². The summed E-state index contributed by atoms with van der Waals surface area (Å²) in [5.41, 5.74) is 1.75. The Labute approximate surface area is 166 Å². The Bertz CT molecular complexity index is 933. The van der Waals surface area contributed by atoms with E-state index in [4.69, 9.17) is 4.74 Å². The fourth-order valence-corrected chi connectivity index (χ4v) is 2.95. The molecule has 2 aromatic heterocycles. The minimum atomic E-state index is -0.726. The Kier molecular flexibility index (Phi) is 5.65. The number of halogens is 1. The molecule has 8 heteroatoms. The molecule has 7 nitrogen and oxygen atoms in total. The van der Waals surface area contributed by atoms with Crippen molar-refractivity contribution in [3.63, 3.8) is 0 Å². The lowest BCUT2D eigenvalue weighted by atomic mass is 10.3. The molecule has 0 aliphatic heterocycles. The van der Waals surface area contributed by atoms with E-state index in [9.17, 15) is 4.79 Å². The summed E-state index contributed by atoms with van der Waals surface area (Å²) < 4.78 is 9.92. The number of nitrogens with zero attached hydrogens (tertiary/aromatic N) is 4. The maximum absolute atomic E-state index is 12.6. The highest BCUT2D eigenvalue weighted by Crippen LogP contribution is 2.26. The van der Waals surface area contributed by atoms with Gasteiger partial charge in [0, 0.05) is 18.3 Å². The predicted molar refractivity (Wildman–Crippen MR) is 107 cm³/mol. The van der Waals surface area contributed by atoms with Gasteiger partial charge < -0.3 is 10.1 Å². The molecule has 0 bridgehead atoms. The fraction of sp³-hybridized carbons (Fsp3) is 0.316. The van der Waals surface area contributed by atoms with Crippen LogP contribution in [0.15, 0.2) is 47.1 Å². The van der Waals surface area contributed by atoms with Crippen molar-refractivity contribution in [1.82, 2.24) is 19.6 Å². The van der Waals surface area contributed by atoms with E-state index in [2.05, 4.69) is 31.4 Å². The van der Waals surface area contributed by atoms with E-state index < -0.39 is 6.10 Å². The summed E-state index contributed by atoms with van der Waals surface area (Å²) in [5.74, 6) is 0.741. The van der Waals surface area contributed by atoms with E-state index in [-0.39, 0.29) is 11.9 Å². The number of para-hydroxylation sites is 1. The van der Waals surface area contributed by atoms with Crippen molar-refractivity contribution < 1.29 is 9.53 Å². The van der Waals surface area contributed by atoms with Gasteiger partial charge in [-0.05, 0) is 55.8 Å². The van der Waals surface area contributed by atoms with Crippen LogP contribution < -0.4 is 10.1 Å². The Morgan fingerprint density at radius 3 is 2.56 bits per heavy atom. The van der Waals surface area contributed by atoms with Gasteiger partial charge in [0.2, 0.25) is 5.88 Å². The van der Waals surface area contributed by atoms with Crippen molar-refractivity contribution in [1.29, 1.82) is 0 Å². The second-order valence-electron chi connectivity index (χ2n) is 6.52. The Balaban J connectivity index is 1.71. The van der Waals surface area contributed by atoms with Gasteiger partial charge in [-0.3, -0.25) is 4.79 Å². The first kappa shape index (κ1) is 19.2. The van der Waals surface area contributed by atoms with Gasteiger partial charge in [0.15, 0.2) is 6.10 Å². The highest BCUT2D eigenvalue weighted by Gasteiger charge is 2.21. The Morgan fingerprint density at radius 1 is 1.19 bits per heavy atom. The van der Waals surface area contributed by atoms with Gasteiger partial charge in [-0.15, -0.1) is 5.10 Å². The molecule has 27 heavy (non-hydrogen) atoms. The molecule has 0 aliphatic carbocycles. The summed E-state index contributed by atoms with van der Waals surface area (Å²) in [7, 11) is 0. The number of carbonyl (C=O) groups excluding carboxylic acids is 1. The molecule has 2 heterocycles. The predicted octanol–water partition coefficient (Wildman–Crippen LogP) is 4.13. The topological polar surface area (TPSA) is 74.0 Å². The van der Waals surface area contributed by atoms with Crippen LogP contribution in [0, 0.1) is 6.92 Å². The van der Waals surface area contributed by atoms with Gasteiger partial charge in [-0.25, -0.2) is 9.36 Å². The first-order valence-corrected chi connectivity index (χ1v) is 9.48. The lowest BCUT2D eigenvalue weighted by Crippen LogP contribution is -2.31. The van der Waals surface area contributed by atoms with Crippen molar-refractivity contribution >= 4 is 27.7 Å².